The maximum atomic E-state index is 12.3. The van der Waals surface area contributed by atoms with E-state index in [0.717, 1.165) is 25.0 Å². The maximum Gasteiger partial charge on any atom is 0.255 e. The zero-order valence-corrected chi connectivity index (χ0v) is 14.2. The van der Waals surface area contributed by atoms with E-state index in [1.807, 2.05) is 19.1 Å². The number of rotatable bonds is 5. The van der Waals surface area contributed by atoms with Gasteiger partial charge in [-0.05, 0) is 50.1 Å². The Morgan fingerprint density at radius 3 is 2.60 bits per heavy atom. The van der Waals surface area contributed by atoms with Crippen molar-refractivity contribution in [3.8, 4) is 0 Å². The summed E-state index contributed by atoms with van der Waals surface area (Å²) < 4.78 is 5.50. The number of hydrogen-bond acceptors (Lipinski definition) is 3. The Balaban J connectivity index is 1.61. The van der Waals surface area contributed by atoms with Crippen molar-refractivity contribution in [1.29, 1.82) is 0 Å². The topological polar surface area (TPSA) is 67.4 Å². The van der Waals surface area contributed by atoms with Crippen LogP contribution < -0.4 is 10.6 Å². The van der Waals surface area contributed by atoms with Gasteiger partial charge in [-0.2, -0.15) is 0 Å². The van der Waals surface area contributed by atoms with Gasteiger partial charge in [-0.1, -0.05) is 23.8 Å². The molecule has 1 aliphatic heterocycles. The molecule has 1 aliphatic rings. The van der Waals surface area contributed by atoms with Crippen molar-refractivity contribution in [3.05, 3.63) is 65.2 Å². The fourth-order valence-corrected chi connectivity index (χ4v) is 2.76. The van der Waals surface area contributed by atoms with E-state index in [9.17, 15) is 9.59 Å². The van der Waals surface area contributed by atoms with Crippen LogP contribution in [0.4, 0.5) is 5.69 Å². The van der Waals surface area contributed by atoms with Crippen molar-refractivity contribution in [2.45, 2.75) is 25.9 Å². The number of ether oxygens (including phenoxy) is 1. The van der Waals surface area contributed by atoms with Gasteiger partial charge < -0.3 is 15.4 Å². The molecule has 5 nitrogen and oxygen atoms in total. The third kappa shape index (κ3) is 4.67. The van der Waals surface area contributed by atoms with Crippen LogP contribution in [0.25, 0.3) is 0 Å². The van der Waals surface area contributed by atoms with E-state index < -0.39 is 0 Å². The smallest absolute Gasteiger partial charge is 0.255 e. The summed E-state index contributed by atoms with van der Waals surface area (Å²) in [4.78, 5) is 24.5. The van der Waals surface area contributed by atoms with Crippen LogP contribution in [0.15, 0.2) is 48.5 Å². The molecule has 2 aromatic carbocycles. The highest BCUT2D eigenvalue weighted by Crippen LogP contribution is 2.14. The molecule has 1 heterocycles. The maximum absolute atomic E-state index is 12.3. The van der Waals surface area contributed by atoms with Crippen molar-refractivity contribution in [2.75, 3.05) is 18.5 Å². The van der Waals surface area contributed by atoms with E-state index in [0.29, 0.717) is 23.4 Å². The number of amides is 2. The van der Waals surface area contributed by atoms with Gasteiger partial charge in [0, 0.05) is 30.0 Å². The minimum absolute atomic E-state index is 0.105. The first-order valence-electron chi connectivity index (χ1n) is 8.50. The van der Waals surface area contributed by atoms with Crippen LogP contribution in [0.2, 0.25) is 0 Å². The number of anilines is 1. The van der Waals surface area contributed by atoms with Gasteiger partial charge in [-0.25, -0.2) is 0 Å². The summed E-state index contributed by atoms with van der Waals surface area (Å²) >= 11 is 0. The molecule has 1 atom stereocenters. The standard InChI is InChI=1S/C20H22N2O3/c1-14-7-9-15(10-8-14)20(24)22-17-5-2-4-16(12-17)19(23)21-13-18-6-3-11-25-18/h2,4-5,7-10,12,18H,3,6,11,13H2,1H3,(H,21,23)(H,22,24). The van der Waals surface area contributed by atoms with Gasteiger partial charge in [0.25, 0.3) is 11.8 Å². The highest BCUT2D eigenvalue weighted by atomic mass is 16.5. The van der Waals surface area contributed by atoms with Crippen molar-refractivity contribution in [3.63, 3.8) is 0 Å². The summed E-state index contributed by atoms with van der Waals surface area (Å²) in [7, 11) is 0. The average Bonchev–Trinajstić information content (AvgIpc) is 3.14. The molecule has 0 bridgehead atoms. The molecular formula is C20H22N2O3. The van der Waals surface area contributed by atoms with Crippen molar-refractivity contribution >= 4 is 17.5 Å². The van der Waals surface area contributed by atoms with E-state index in [1.165, 1.54) is 0 Å². The average molecular weight is 338 g/mol. The zero-order chi connectivity index (χ0) is 17.6. The molecule has 2 aromatic rings. The largest absolute Gasteiger partial charge is 0.376 e. The molecule has 0 aromatic heterocycles. The van der Waals surface area contributed by atoms with Gasteiger partial charge in [0.2, 0.25) is 0 Å². The number of benzene rings is 2. The lowest BCUT2D eigenvalue weighted by Crippen LogP contribution is -2.31. The molecule has 5 heteroatoms. The normalized spacial score (nSPS) is 16.4. The predicted molar refractivity (Wildman–Crippen MR) is 96.9 cm³/mol. The molecule has 1 unspecified atom stereocenters. The highest BCUT2D eigenvalue weighted by molar-refractivity contribution is 6.05. The van der Waals surface area contributed by atoms with Gasteiger partial charge in [0.05, 0.1) is 6.10 Å². The molecule has 0 spiro atoms. The Morgan fingerprint density at radius 1 is 1.08 bits per heavy atom. The SMILES string of the molecule is Cc1ccc(C(=O)Nc2cccc(C(=O)NCC3CCCO3)c2)cc1. The van der Waals surface area contributed by atoms with E-state index >= 15 is 0 Å². The second-order valence-corrected chi connectivity index (χ2v) is 6.25. The first-order chi connectivity index (χ1) is 12.1. The highest BCUT2D eigenvalue weighted by Gasteiger charge is 2.17. The van der Waals surface area contributed by atoms with E-state index in [1.54, 1.807) is 36.4 Å². The third-order valence-electron chi connectivity index (χ3n) is 4.21. The van der Waals surface area contributed by atoms with E-state index in [-0.39, 0.29) is 17.9 Å². The summed E-state index contributed by atoms with van der Waals surface area (Å²) in [6, 6.07) is 14.3. The summed E-state index contributed by atoms with van der Waals surface area (Å²) in [5.74, 6) is -0.362. The minimum atomic E-state index is -0.197. The fourth-order valence-electron chi connectivity index (χ4n) is 2.76. The third-order valence-corrected chi connectivity index (χ3v) is 4.21. The van der Waals surface area contributed by atoms with Gasteiger partial charge in [-0.15, -0.1) is 0 Å². The lowest BCUT2D eigenvalue weighted by molar-refractivity contribution is 0.0857. The van der Waals surface area contributed by atoms with Gasteiger partial charge in [0.15, 0.2) is 0 Å². The summed E-state index contributed by atoms with van der Waals surface area (Å²) in [6.07, 6.45) is 2.13. The van der Waals surface area contributed by atoms with Crippen LogP contribution in [0.5, 0.6) is 0 Å². The lowest BCUT2D eigenvalue weighted by Gasteiger charge is -2.11. The van der Waals surface area contributed by atoms with Crippen LogP contribution in [0.1, 0.15) is 39.1 Å². The Kier molecular flexibility index (Phi) is 5.46. The minimum Gasteiger partial charge on any atom is -0.376 e. The Morgan fingerprint density at radius 2 is 1.88 bits per heavy atom. The number of carbonyl (C=O) groups excluding carboxylic acids is 2. The van der Waals surface area contributed by atoms with Gasteiger partial charge in [-0.3, -0.25) is 9.59 Å². The van der Waals surface area contributed by atoms with E-state index in [2.05, 4.69) is 10.6 Å². The second-order valence-electron chi connectivity index (χ2n) is 6.25. The predicted octanol–water partition coefficient (Wildman–Crippen LogP) is 3.16. The Labute approximate surface area is 147 Å². The lowest BCUT2D eigenvalue weighted by atomic mass is 10.1. The quantitative estimate of drug-likeness (QED) is 0.880. The summed E-state index contributed by atoms with van der Waals surface area (Å²) in [5, 5.41) is 5.71. The van der Waals surface area contributed by atoms with Crippen LogP contribution >= 0.6 is 0 Å². The van der Waals surface area contributed by atoms with Crippen molar-refractivity contribution < 1.29 is 14.3 Å². The van der Waals surface area contributed by atoms with Crippen LogP contribution in [-0.4, -0.2) is 31.1 Å². The Hall–Kier alpha value is -2.66. The summed E-state index contributed by atoms with van der Waals surface area (Å²) in [5.41, 5.74) is 2.79. The van der Waals surface area contributed by atoms with E-state index in [4.69, 9.17) is 4.74 Å². The van der Waals surface area contributed by atoms with Gasteiger partial charge >= 0.3 is 0 Å². The zero-order valence-electron chi connectivity index (χ0n) is 14.2. The van der Waals surface area contributed by atoms with Crippen molar-refractivity contribution in [1.82, 2.24) is 5.32 Å². The molecule has 3 rings (SSSR count). The van der Waals surface area contributed by atoms with Crippen LogP contribution in [0, 0.1) is 6.92 Å². The molecule has 0 radical (unpaired) electrons. The molecule has 0 saturated carbocycles. The molecule has 2 amide bonds. The van der Waals surface area contributed by atoms with Crippen molar-refractivity contribution in [2.24, 2.45) is 0 Å². The molecule has 130 valence electrons. The van der Waals surface area contributed by atoms with Gasteiger partial charge in [0.1, 0.15) is 0 Å². The summed E-state index contributed by atoms with van der Waals surface area (Å²) in [6.45, 7) is 3.25. The number of hydrogen-bond donors (Lipinski definition) is 2. The molecular weight excluding hydrogens is 316 g/mol. The monoisotopic (exact) mass is 338 g/mol. The molecule has 0 aliphatic carbocycles. The Bertz CT molecular complexity index is 750. The first-order valence-corrected chi connectivity index (χ1v) is 8.50. The number of nitrogens with one attached hydrogen (secondary N) is 2. The molecule has 2 N–H and O–H groups in total. The second kappa shape index (κ2) is 7.94. The molecule has 25 heavy (non-hydrogen) atoms. The van der Waals surface area contributed by atoms with Crippen LogP contribution in [0.3, 0.4) is 0 Å². The van der Waals surface area contributed by atoms with Crippen LogP contribution in [-0.2, 0) is 4.74 Å². The molecule has 1 fully saturated rings. The molecule has 1 saturated heterocycles. The fraction of sp³-hybridized carbons (Fsp3) is 0.300. The first kappa shape index (κ1) is 17.2. The number of aryl methyl sites for hydroxylation is 1. The number of carbonyl (C=O) groups is 2.